The molecule has 32 heavy (non-hydrogen) atoms. The van der Waals surface area contributed by atoms with Crippen LogP contribution in [0.4, 0.5) is 0 Å². The molecule has 0 spiro atoms. The lowest BCUT2D eigenvalue weighted by Crippen LogP contribution is -2.39. The van der Waals surface area contributed by atoms with Crippen LogP contribution < -0.4 is 16.0 Å². The van der Waals surface area contributed by atoms with Gasteiger partial charge in [0.05, 0.1) is 11.1 Å². The van der Waals surface area contributed by atoms with Gasteiger partial charge < -0.3 is 13.6 Å². The first-order valence-corrected chi connectivity index (χ1v) is 11.6. The van der Waals surface area contributed by atoms with Crippen LogP contribution in [0.15, 0.2) is 65.4 Å². The fourth-order valence-electron chi connectivity index (χ4n) is 4.96. The van der Waals surface area contributed by atoms with Crippen molar-refractivity contribution in [2.45, 2.75) is 38.3 Å². The van der Waals surface area contributed by atoms with Gasteiger partial charge in [-0.2, -0.15) is 0 Å². The predicted octanol–water partition coefficient (Wildman–Crippen LogP) is 5.42. The van der Waals surface area contributed by atoms with E-state index in [0.29, 0.717) is 47.0 Å². The molecule has 1 aliphatic heterocycles. The van der Waals surface area contributed by atoms with E-state index in [9.17, 15) is 9.59 Å². The van der Waals surface area contributed by atoms with Crippen LogP contribution in [0.2, 0.25) is 0 Å². The summed E-state index contributed by atoms with van der Waals surface area (Å²) in [5, 5.41) is 1.46. The first-order chi connectivity index (χ1) is 15.6. The first-order valence-electron chi connectivity index (χ1n) is 10.8. The highest BCUT2D eigenvalue weighted by Crippen LogP contribution is 2.38. The van der Waals surface area contributed by atoms with Crippen molar-refractivity contribution in [3.05, 3.63) is 73.3 Å². The minimum absolute atomic E-state index is 0.331. The van der Waals surface area contributed by atoms with E-state index in [1.165, 1.54) is 18.9 Å². The van der Waals surface area contributed by atoms with Crippen molar-refractivity contribution in [1.29, 1.82) is 0 Å². The molecule has 0 N–H and O–H groups in total. The average Bonchev–Trinajstić information content (AvgIpc) is 3.33. The second-order valence-electron chi connectivity index (χ2n) is 8.49. The molecular formula is C25H20BrNO5. The summed E-state index contributed by atoms with van der Waals surface area (Å²) in [4.78, 5) is 27.7. The molecule has 1 aliphatic carbocycles. The second-order valence-corrected chi connectivity index (χ2v) is 9.40. The third-order valence-corrected chi connectivity index (χ3v) is 7.04. The van der Waals surface area contributed by atoms with Gasteiger partial charge in [-0.25, -0.2) is 9.59 Å². The lowest BCUT2D eigenvalue weighted by atomic mass is 9.99. The average molecular weight is 494 g/mol. The Bertz CT molecular complexity index is 1480. The Labute approximate surface area is 191 Å². The Balaban J connectivity index is 1.54. The molecule has 7 heteroatoms. The van der Waals surface area contributed by atoms with E-state index in [4.69, 9.17) is 13.6 Å². The lowest BCUT2D eigenvalue weighted by Gasteiger charge is -2.33. The number of ether oxygens (including phenoxy) is 1. The molecule has 2 aromatic heterocycles. The molecule has 0 atom stereocenters. The minimum Gasteiger partial charge on any atom is -0.478 e. The molecule has 0 bridgehead atoms. The molecule has 1 fully saturated rings. The molecule has 2 aliphatic rings. The highest BCUT2D eigenvalue weighted by molar-refractivity contribution is 9.10. The van der Waals surface area contributed by atoms with Crippen LogP contribution in [0.3, 0.4) is 0 Å². The van der Waals surface area contributed by atoms with Crippen LogP contribution in [0.5, 0.6) is 5.75 Å². The number of hydrogen-bond donors (Lipinski definition) is 0. The summed E-state index contributed by atoms with van der Waals surface area (Å²) in [5.41, 5.74) is 1.66. The number of rotatable bonds is 2. The quantitative estimate of drug-likeness (QED) is 0.347. The molecule has 4 aromatic rings. The van der Waals surface area contributed by atoms with E-state index < -0.39 is 11.3 Å². The molecular weight excluding hydrogens is 474 g/mol. The normalized spacial score (nSPS) is 17.0. The van der Waals surface area contributed by atoms with Crippen LogP contribution >= 0.6 is 15.9 Å². The molecule has 6 rings (SSSR count). The summed E-state index contributed by atoms with van der Waals surface area (Å²) in [5.74, 6) is 0.724. The van der Waals surface area contributed by atoms with Gasteiger partial charge in [-0.3, -0.25) is 4.90 Å². The smallest absolute Gasteiger partial charge is 0.344 e. The predicted molar refractivity (Wildman–Crippen MR) is 125 cm³/mol. The van der Waals surface area contributed by atoms with Gasteiger partial charge >= 0.3 is 11.3 Å². The Hall–Kier alpha value is -2.90. The monoisotopic (exact) mass is 493 g/mol. The zero-order valence-corrected chi connectivity index (χ0v) is 18.8. The maximum absolute atomic E-state index is 12.8. The molecule has 162 valence electrons. The summed E-state index contributed by atoms with van der Waals surface area (Å²) >= 11 is 3.45. The fourth-order valence-corrected chi connectivity index (χ4v) is 5.34. The maximum Gasteiger partial charge on any atom is 0.344 e. The topological polar surface area (TPSA) is 72.9 Å². The van der Waals surface area contributed by atoms with Crippen molar-refractivity contribution in [3.63, 3.8) is 0 Å². The summed E-state index contributed by atoms with van der Waals surface area (Å²) in [7, 11) is 0. The highest BCUT2D eigenvalue weighted by atomic mass is 79.9. The fraction of sp³-hybridized carbons (Fsp3) is 0.280. The van der Waals surface area contributed by atoms with E-state index >= 15 is 0 Å². The van der Waals surface area contributed by atoms with Gasteiger partial charge in [0.1, 0.15) is 23.6 Å². The molecule has 0 radical (unpaired) electrons. The van der Waals surface area contributed by atoms with Gasteiger partial charge in [-0.05, 0) is 49.2 Å². The van der Waals surface area contributed by atoms with Crippen molar-refractivity contribution in [2.24, 2.45) is 0 Å². The van der Waals surface area contributed by atoms with Crippen molar-refractivity contribution >= 4 is 37.9 Å². The van der Waals surface area contributed by atoms with Crippen LogP contribution in [-0.2, 0) is 6.54 Å². The summed E-state index contributed by atoms with van der Waals surface area (Å²) in [6.45, 7) is 1.19. The number of fused-ring (bicyclic) bond motifs is 4. The highest BCUT2D eigenvalue weighted by Gasteiger charge is 2.29. The summed E-state index contributed by atoms with van der Waals surface area (Å²) in [6.07, 6.45) is 4.78. The Morgan fingerprint density at radius 3 is 2.62 bits per heavy atom. The number of hydrogen-bond acceptors (Lipinski definition) is 6. The van der Waals surface area contributed by atoms with Crippen molar-refractivity contribution in [3.8, 4) is 16.9 Å². The lowest BCUT2D eigenvalue weighted by molar-refractivity contribution is 0.0581. The zero-order chi connectivity index (χ0) is 21.8. The minimum atomic E-state index is -0.507. The van der Waals surface area contributed by atoms with Crippen LogP contribution in [0.1, 0.15) is 31.2 Å². The molecule has 6 nitrogen and oxygen atoms in total. The van der Waals surface area contributed by atoms with E-state index in [-0.39, 0.29) is 0 Å². The Kier molecular flexibility index (Phi) is 4.69. The number of halogens is 1. The van der Waals surface area contributed by atoms with Gasteiger partial charge in [-0.1, -0.05) is 28.8 Å². The van der Waals surface area contributed by atoms with Crippen molar-refractivity contribution < 1.29 is 13.6 Å². The van der Waals surface area contributed by atoms with Gasteiger partial charge in [0.15, 0.2) is 0 Å². The second kappa shape index (κ2) is 7.60. The Morgan fingerprint density at radius 2 is 1.78 bits per heavy atom. The van der Waals surface area contributed by atoms with Crippen molar-refractivity contribution in [1.82, 2.24) is 4.90 Å². The van der Waals surface area contributed by atoms with Crippen LogP contribution in [-0.4, -0.2) is 17.7 Å². The first kappa shape index (κ1) is 19.8. The Morgan fingerprint density at radius 1 is 0.938 bits per heavy atom. The molecule has 0 amide bonds. The van der Waals surface area contributed by atoms with E-state index in [1.54, 1.807) is 12.1 Å². The van der Waals surface area contributed by atoms with E-state index in [2.05, 4.69) is 20.8 Å². The van der Waals surface area contributed by atoms with Gasteiger partial charge in [0.2, 0.25) is 0 Å². The molecule has 2 aromatic carbocycles. The maximum atomic E-state index is 12.8. The summed E-state index contributed by atoms with van der Waals surface area (Å²) in [6, 6.07) is 12.8. The molecule has 0 saturated heterocycles. The van der Waals surface area contributed by atoms with Crippen LogP contribution in [0, 0.1) is 0 Å². The molecule has 1 saturated carbocycles. The van der Waals surface area contributed by atoms with E-state index in [1.807, 2.05) is 24.3 Å². The van der Waals surface area contributed by atoms with E-state index in [0.717, 1.165) is 34.0 Å². The standard InChI is InChI=1S/C25H20BrNO5/c26-15-5-7-21-14(9-15)10-19(25(29)31-21)18-11-23(28)32-24-17(18)6-8-22-20(24)12-27(13-30-22)16-3-1-2-4-16/h5-11,16H,1-4,12-13H2. The summed E-state index contributed by atoms with van der Waals surface area (Å²) < 4.78 is 18.1. The van der Waals surface area contributed by atoms with Crippen molar-refractivity contribution in [2.75, 3.05) is 6.73 Å². The molecule has 0 unspecified atom stereocenters. The van der Waals surface area contributed by atoms with Gasteiger partial charge in [0.25, 0.3) is 0 Å². The molecule has 3 heterocycles. The zero-order valence-electron chi connectivity index (χ0n) is 17.2. The number of benzene rings is 2. The van der Waals surface area contributed by atoms with Crippen LogP contribution in [0.25, 0.3) is 33.1 Å². The largest absolute Gasteiger partial charge is 0.478 e. The third-order valence-electron chi connectivity index (χ3n) is 6.55. The van der Waals surface area contributed by atoms with Gasteiger partial charge in [-0.15, -0.1) is 0 Å². The number of nitrogens with zero attached hydrogens (tertiary/aromatic N) is 1. The third kappa shape index (κ3) is 3.27. The SMILES string of the molecule is O=c1cc(-c2cc3cc(Br)ccc3oc2=O)c2ccc3c(c2o1)CN(C1CCCC1)CO3. The van der Waals surface area contributed by atoms with Gasteiger partial charge in [0, 0.05) is 39.5 Å².